The molecule has 0 aromatic heterocycles. The average Bonchev–Trinajstić information content (AvgIpc) is 2.98. The summed E-state index contributed by atoms with van der Waals surface area (Å²) in [6.45, 7) is 4.98. The Morgan fingerprint density at radius 1 is 1.05 bits per heavy atom. The van der Waals surface area contributed by atoms with Crippen LogP contribution in [-0.4, -0.2) is 67.2 Å². The van der Waals surface area contributed by atoms with Gasteiger partial charge in [-0.1, -0.05) is 43.2 Å². The maximum absolute atomic E-state index is 13.3. The van der Waals surface area contributed by atoms with Gasteiger partial charge in [-0.2, -0.15) is 0 Å². The molecule has 0 radical (unpaired) electrons. The number of rotatable bonds is 16. The zero-order chi connectivity index (χ0) is 30.5. The number of esters is 2. The van der Waals surface area contributed by atoms with Crippen LogP contribution >= 0.6 is 0 Å². The molecule has 0 aliphatic carbocycles. The van der Waals surface area contributed by atoms with Gasteiger partial charge in [-0.15, -0.1) is 0 Å². The van der Waals surface area contributed by atoms with Gasteiger partial charge in [-0.05, 0) is 50.9 Å². The van der Waals surface area contributed by atoms with Crippen LogP contribution in [0.15, 0.2) is 70.9 Å². The number of aliphatic hydroxyl groups is 1. The quantitative estimate of drug-likeness (QED) is 0.128. The van der Waals surface area contributed by atoms with Crippen molar-refractivity contribution in [1.29, 1.82) is 0 Å². The van der Waals surface area contributed by atoms with Crippen molar-refractivity contribution in [1.82, 2.24) is 5.32 Å². The summed E-state index contributed by atoms with van der Waals surface area (Å²) in [7, 11) is 1.27. The minimum atomic E-state index is -0.862. The van der Waals surface area contributed by atoms with Crippen molar-refractivity contribution in [3.8, 4) is 5.75 Å². The number of para-hydroxylation sites is 1. The Morgan fingerprint density at radius 2 is 1.74 bits per heavy atom. The number of unbranched alkanes of at least 4 members (excludes halogenated alkanes) is 3. The summed E-state index contributed by atoms with van der Waals surface area (Å²) in [5.41, 5.74) is 1.63. The Balaban J connectivity index is 1.45. The summed E-state index contributed by atoms with van der Waals surface area (Å²) in [5, 5.41) is 24.4. The van der Waals surface area contributed by atoms with E-state index in [9.17, 15) is 24.8 Å². The number of allylic oxidation sites excluding steroid dienone is 1. The predicted molar refractivity (Wildman–Crippen MR) is 157 cm³/mol. The van der Waals surface area contributed by atoms with E-state index in [0.29, 0.717) is 29.9 Å². The van der Waals surface area contributed by atoms with Gasteiger partial charge < -0.3 is 24.6 Å². The molecule has 3 unspecified atom stereocenters. The molecule has 0 amide bonds. The lowest BCUT2D eigenvalue weighted by atomic mass is 9.75. The zero-order valence-electron chi connectivity index (χ0n) is 24.3. The number of nitrogens with zero attached hydrogens (tertiary/aromatic N) is 2. The van der Waals surface area contributed by atoms with E-state index in [1.165, 1.54) is 19.2 Å². The maximum Gasteiger partial charge on any atom is 0.336 e. The summed E-state index contributed by atoms with van der Waals surface area (Å²) in [5.74, 6) is -2.02. The van der Waals surface area contributed by atoms with Gasteiger partial charge >= 0.3 is 11.9 Å². The second-order valence-electron chi connectivity index (χ2n) is 10.1. The van der Waals surface area contributed by atoms with Crippen LogP contribution in [0, 0.1) is 16.0 Å². The first-order chi connectivity index (χ1) is 20.2. The van der Waals surface area contributed by atoms with E-state index >= 15 is 0 Å². The molecule has 2 aromatic rings. The van der Waals surface area contributed by atoms with Gasteiger partial charge in [0.25, 0.3) is 5.69 Å². The molecule has 0 fully saturated rings. The molecule has 1 aliphatic rings. The molecule has 0 saturated heterocycles. The van der Waals surface area contributed by atoms with Gasteiger partial charge in [0, 0.05) is 36.0 Å². The standard InChI is InChI=1S/C31H39N3O8/c1-21-27(30(36)40-3)29(23-13-15-24(16-14-23)34(38)39)28(22(2)33-21)31(37)41-18-10-5-4-9-17-32-19-25(35)20-42-26-11-7-6-8-12-26/h6-8,11-16,25,27,29,32,35H,4-5,9-10,17-20H2,1-3H3. The van der Waals surface area contributed by atoms with Gasteiger partial charge in [0.15, 0.2) is 0 Å². The van der Waals surface area contributed by atoms with E-state index in [1.54, 1.807) is 26.0 Å². The number of hydrogen-bond acceptors (Lipinski definition) is 10. The molecular formula is C31H39N3O8. The van der Waals surface area contributed by atoms with Crippen LogP contribution in [0.1, 0.15) is 51.0 Å². The highest BCUT2D eigenvalue weighted by Gasteiger charge is 2.42. The predicted octanol–water partition coefficient (Wildman–Crippen LogP) is 4.35. The van der Waals surface area contributed by atoms with E-state index in [1.807, 2.05) is 30.3 Å². The number of non-ortho nitro benzene ring substituents is 1. The Morgan fingerprint density at radius 3 is 2.40 bits per heavy atom. The average molecular weight is 582 g/mol. The zero-order valence-corrected chi connectivity index (χ0v) is 24.3. The summed E-state index contributed by atoms with van der Waals surface area (Å²) in [4.78, 5) is 41.1. The molecule has 42 heavy (non-hydrogen) atoms. The Labute approximate surface area is 245 Å². The maximum atomic E-state index is 13.3. The Hall–Kier alpha value is -4.09. The highest BCUT2D eigenvalue weighted by atomic mass is 16.6. The highest BCUT2D eigenvalue weighted by Crippen LogP contribution is 2.40. The van der Waals surface area contributed by atoms with E-state index < -0.39 is 34.8 Å². The van der Waals surface area contributed by atoms with Gasteiger partial charge in [-0.25, -0.2) is 4.79 Å². The van der Waals surface area contributed by atoms with Crippen molar-refractivity contribution >= 4 is 23.3 Å². The fourth-order valence-electron chi connectivity index (χ4n) is 4.88. The van der Waals surface area contributed by atoms with Crippen LogP contribution < -0.4 is 10.1 Å². The number of aliphatic hydroxyl groups excluding tert-OH is 1. The SMILES string of the molecule is COC(=O)C1C(C)=NC(C)=C(C(=O)OCCCCCCNCC(O)COc2ccccc2)C1c1ccc([N+](=O)[O-])cc1. The molecule has 11 nitrogen and oxygen atoms in total. The monoisotopic (exact) mass is 581 g/mol. The number of nitro groups is 1. The van der Waals surface area contributed by atoms with Gasteiger partial charge in [-0.3, -0.25) is 19.9 Å². The van der Waals surface area contributed by atoms with Crippen LogP contribution in [0.2, 0.25) is 0 Å². The molecule has 11 heteroatoms. The molecule has 1 heterocycles. The fourth-order valence-corrected chi connectivity index (χ4v) is 4.88. The summed E-state index contributed by atoms with van der Waals surface area (Å²) >= 11 is 0. The fraction of sp³-hybridized carbons (Fsp3) is 0.452. The largest absolute Gasteiger partial charge is 0.491 e. The first kappa shape index (κ1) is 32.4. The second-order valence-corrected chi connectivity index (χ2v) is 10.1. The lowest BCUT2D eigenvalue weighted by molar-refractivity contribution is -0.384. The van der Waals surface area contributed by atoms with Crippen molar-refractivity contribution in [2.75, 3.05) is 33.4 Å². The molecule has 0 bridgehead atoms. The molecule has 0 spiro atoms. The van der Waals surface area contributed by atoms with Crippen molar-refractivity contribution in [3.05, 3.63) is 81.5 Å². The third kappa shape index (κ3) is 9.22. The normalized spacial score (nSPS) is 17.3. The number of aliphatic imine (C=N–C) groups is 1. The van der Waals surface area contributed by atoms with Gasteiger partial charge in [0.05, 0.1) is 24.2 Å². The number of carbonyl (C=O) groups excluding carboxylic acids is 2. The molecule has 0 saturated carbocycles. The third-order valence-corrected chi connectivity index (χ3v) is 7.01. The van der Waals surface area contributed by atoms with Gasteiger partial charge in [0.1, 0.15) is 24.4 Å². The van der Waals surface area contributed by atoms with Crippen LogP contribution in [0.5, 0.6) is 5.75 Å². The molecule has 3 rings (SSSR count). The van der Waals surface area contributed by atoms with Crippen molar-refractivity contribution in [3.63, 3.8) is 0 Å². The third-order valence-electron chi connectivity index (χ3n) is 7.01. The van der Waals surface area contributed by atoms with Crippen molar-refractivity contribution in [2.24, 2.45) is 10.9 Å². The molecule has 1 aliphatic heterocycles. The number of methoxy groups -OCH3 is 1. The lowest BCUT2D eigenvalue weighted by Gasteiger charge is -2.31. The number of hydrogen-bond donors (Lipinski definition) is 2. The second kappa shape index (κ2) is 16.4. The van der Waals surface area contributed by atoms with E-state index in [4.69, 9.17) is 14.2 Å². The van der Waals surface area contributed by atoms with Gasteiger partial charge in [0.2, 0.25) is 0 Å². The van der Waals surface area contributed by atoms with E-state index in [2.05, 4.69) is 10.3 Å². The first-order valence-corrected chi connectivity index (χ1v) is 14.0. The summed E-state index contributed by atoms with van der Waals surface area (Å²) in [6, 6.07) is 15.1. The Bertz CT molecular complexity index is 1260. The first-order valence-electron chi connectivity index (χ1n) is 14.0. The number of nitrogens with one attached hydrogen (secondary N) is 1. The molecule has 226 valence electrons. The number of ether oxygens (including phenoxy) is 3. The van der Waals surface area contributed by atoms with E-state index in [0.717, 1.165) is 31.6 Å². The van der Waals surface area contributed by atoms with Crippen LogP contribution in [0.4, 0.5) is 5.69 Å². The topological polar surface area (TPSA) is 150 Å². The smallest absolute Gasteiger partial charge is 0.336 e. The molecule has 3 atom stereocenters. The summed E-state index contributed by atoms with van der Waals surface area (Å²) in [6.07, 6.45) is 2.73. The van der Waals surface area contributed by atoms with Crippen LogP contribution in [0.25, 0.3) is 0 Å². The number of carbonyl (C=O) groups is 2. The van der Waals surface area contributed by atoms with Crippen molar-refractivity contribution < 1.29 is 33.8 Å². The Kier molecular flexibility index (Phi) is 12.6. The van der Waals surface area contributed by atoms with Crippen LogP contribution in [0.3, 0.4) is 0 Å². The number of nitro benzene ring substituents is 1. The molecule has 2 N–H and O–H groups in total. The lowest BCUT2D eigenvalue weighted by Crippen LogP contribution is -2.36. The highest BCUT2D eigenvalue weighted by molar-refractivity contribution is 6.07. The number of benzene rings is 2. The van der Waals surface area contributed by atoms with Crippen molar-refractivity contribution in [2.45, 2.75) is 51.6 Å². The summed E-state index contributed by atoms with van der Waals surface area (Å²) < 4.78 is 16.1. The van der Waals surface area contributed by atoms with Crippen LogP contribution in [-0.2, 0) is 19.1 Å². The van der Waals surface area contributed by atoms with E-state index in [-0.39, 0.29) is 24.5 Å². The molecule has 2 aromatic carbocycles. The minimum absolute atomic E-state index is 0.0946. The molecular weight excluding hydrogens is 542 g/mol. The minimum Gasteiger partial charge on any atom is -0.491 e.